The molecule has 0 unspecified atom stereocenters. The van der Waals surface area contributed by atoms with Gasteiger partial charge < -0.3 is 30.5 Å². The molecular formula is C20H25F3N4O6S. The van der Waals surface area contributed by atoms with Crippen molar-refractivity contribution in [3.8, 4) is 11.6 Å². The number of ether oxygens (including phenoxy) is 2. The number of nitrogens with one attached hydrogen (secondary N) is 1. The number of carbonyl (C=O) groups excluding carboxylic acids is 1. The predicted octanol–water partition coefficient (Wildman–Crippen LogP) is 1.45. The Morgan fingerprint density at radius 1 is 1.26 bits per heavy atom. The fourth-order valence-corrected chi connectivity index (χ4v) is 3.93. The van der Waals surface area contributed by atoms with Crippen molar-refractivity contribution in [2.45, 2.75) is 29.2 Å². The van der Waals surface area contributed by atoms with Crippen LogP contribution in [0.15, 0.2) is 40.1 Å². The minimum absolute atomic E-state index is 0.0134. The molecule has 2 aromatic rings. The van der Waals surface area contributed by atoms with Gasteiger partial charge in [0.25, 0.3) is 5.91 Å². The fourth-order valence-electron chi connectivity index (χ4n) is 2.57. The summed E-state index contributed by atoms with van der Waals surface area (Å²) in [6, 6.07) is 4.55. The molecule has 4 N–H and O–H groups in total. The Hall–Kier alpha value is -3.10. The van der Waals surface area contributed by atoms with Crippen molar-refractivity contribution in [1.29, 1.82) is 0 Å². The summed E-state index contributed by atoms with van der Waals surface area (Å²) >= 11 is 0. The van der Waals surface area contributed by atoms with Gasteiger partial charge in [-0.1, -0.05) is 0 Å². The summed E-state index contributed by atoms with van der Waals surface area (Å²) in [7, 11) is -0.839. The Morgan fingerprint density at radius 2 is 1.88 bits per heavy atom. The van der Waals surface area contributed by atoms with E-state index in [9.17, 15) is 31.5 Å². The van der Waals surface area contributed by atoms with E-state index in [1.807, 2.05) is 0 Å². The molecule has 0 aliphatic carbocycles. The number of pyridine rings is 1. The molecule has 0 bridgehead atoms. The summed E-state index contributed by atoms with van der Waals surface area (Å²) in [5, 5.41) is 11.8. The SMILES string of the molecule is C[C@H](O)CNC(=O)c1nc(OCCN(C)C)c(S(=O)(=O)c2ccc(OC(F)(F)F)cc2)cc1N. The van der Waals surface area contributed by atoms with E-state index in [0.29, 0.717) is 6.54 Å². The van der Waals surface area contributed by atoms with Gasteiger partial charge in [-0.3, -0.25) is 4.79 Å². The van der Waals surface area contributed by atoms with Gasteiger partial charge >= 0.3 is 6.36 Å². The van der Waals surface area contributed by atoms with Crippen LogP contribution in [-0.4, -0.2) is 75.6 Å². The van der Waals surface area contributed by atoms with Crippen molar-refractivity contribution in [3.05, 3.63) is 36.0 Å². The van der Waals surface area contributed by atoms with Crippen LogP contribution < -0.4 is 20.5 Å². The molecule has 10 nitrogen and oxygen atoms in total. The highest BCUT2D eigenvalue weighted by Crippen LogP contribution is 2.32. The van der Waals surface area contributed by atoms with Gasteiger partial charge in [0, 0.05) is 13.1 Å². The summed E-state index contributed by atoms with van der Waals surface area (Å²) in [5.74, 6) is -1.76. The van der Waals surface area contributed by atoms with Crippen LogP contribution in [0, 0.1) is 0 Å². The van der Waals surface area contributed by atoms with E-state index in [2.05, 4.69) is 15.0 Å². The van der Waals surface area contributed by atoms with Crippen LogP contribution in [0.2, 0.25) is 0 Å². The summed E-state index contributed by atoms with van der Waals surface area (Å²) in [6.45, 7) is 1.76. The molecule has 0 aliphatic heterocycles. The van der Waals surface area contributed by atoms with Gasteiger partial charge in [0.2, 0.25) is 15.7 Å². The molecule has 1 heterocycles. The molecule has 34 heavy (non-hydrogen) atoms. The van der Waals surface area contributed by atoms with Gasteiger partial charge in [-0.2, -0.15) is 0 Å². The first-order chi connectivity index (χ1) is 15.7. The lowest BCUT2D eigenvalue weighted by Crippen LogP contribution is -2.32. The molecule has 1 atom stereocenters. The zero-order valence-electron chi connectivity index (χ0n) is 18.6. The number of sulfone groups is 1. The number of rotatable bonds is 10. The predicted molar refractivity (Wildman–Crippen MR) is 115 cm³/mol. The number of benzene rings is 1. The third kappa shape index (κ3) is 7.46. The van der Waals surface area contributed by atoms with Crippen LogP contribution in [0.25, 0.3) is 0 Å². The van der Waals surface area contributed by atoms with Gasteiger partial charge in [-0.25, -0.2) is 13.4 Å². The number of halogens is 3. The van der Waals surface area contributed by atoms with Gasteiger partial charge in [-0.05, 0) is 51.4 Å². The molecule has 0 spiro atoms. The number of likely N-dealkylation sites (N-methyl/N-ethyl adjacent to an activating group) is 1. The number of amides is 1. The lowest BCUT2D eigenvalue weighted by molar-refractivity contribution is -0.274. The van der Waals surface area contributed by atoms with E-state index < -0.39 is 44.7 Å². The molecule has 0 saturated heterocycles. The first-order valence-electron chi connectivity index (χ1n) is 9.86. The first kappa shape index (κ1) is 27.1. The lowest BCUT2D eigenvalue weighted by Gasteiger charge is -2.16. The monoisotopic (exact) mass is 506 g/mol. The van der Waals surface area contributed by atoms with Gasteiger partial charge in [0.05, 0.1) is 16.7 Å². The number of aliphatic hydroxyl groups is 1. The molecule has 0 aliphatic rings. The van der Waals surface area contributed by atoms with Crippen LogP contribution in [0.1, 0.15) is 17.4 Å². The van der Waals surface area contributed by atoms with Gasteiger partial charge in [0.15, 0.2) is 5.69 Å². The van der Waals surface area contributed by atoms with E-state index in [1.165, 1.54) is 6.92 Å². The maximum atomic E-state index is 13.2. The highest BCUT2D eigenvalue weighted by atomic mass is 32.2. The Morgan fingerprint density at radius 3 is 2.41 bits per heavy atom. The smallest absolute Gasteiger partial charge is 0.475 e. The van der Waals surface area contributed by atoms with E-state index in [0.717, 1.165) is 30.3 Å². The van der Waals surface area contributed by atoms with Gasteiger partial charge in [-0.15, -0.1) is 13.2 Å². The highest BCUT2D eigenvalue weighted by Gasteiger charge is 2.32. The average molecular weight is 507 g/mol. The molecule has 2 rings (SSSR count). The van der Waals surface area contributed by atoms with Crippen molar-refractivity contribution >= 4 is 21.4 Å². The second kappa shape index (κ2) is 10.9. The molecule has 1 aromatic carbocycles. The Bertz CT molecular complexity index is 1110. The lowest BCUT2D eigenvalue weighted by atomic mass is 10.2. The van der Waals surface area contributed by atoms with Crippen molar-refractivity contribution in [3.63, 3.8) is 0 Å². The number of carbonyl (C=O) groups is 1. The zero-order valence-corrected chi connectivity index (χ0v) is 19.4. The minimum atomic E-state index is -4.93. The third-order valence-corrected chi connectivity index (χ3v) is 5.96. The average Bonchev–Trinajstić information content (AvgIpc) is 2.71. The largest absolute Gasteiger partial charge is 0.573 e. The van der Waals surface area contributed by atoms with Crippen molar-refractivity contribution < 1.29 is 41.0 Å². The van der Waals surface area contributed by atoms with Crippen molar-refractivity contribution in [2.24, 2.45) is 0 Å². The van der Waals surface area contributed by atoms with Crippen molar-refractivity contribution in [2.75, 3.05) is 39.5 Å². The standard InChI is InChI=1S/C20H25F3N4O6S/c1-12(28)11-25-18(29)17-15(24)10-16(19(26-17)32-9-8-27(2)3)34(30,31)14-6-4-13(5-7-14)33-20(21,22)23/h4-7,10,12,28H,8-9,11,24H2,1-3H3,(H,25,29)/t12-/m0/s1. The molecule has 0 fully saturated rings. The maximum absolute atomic E-state index is 13.2. The number of nitrogen functional groups attached to an aromatic ring is 1. The Labute approximate surface area is 194 Å². The number of alkyl halides is 3. The summed E-state index contributed by atoms with van der Waals surface area (Å²) < 4.78 is 72.9. The Kier molecular flexibility index (Phi) is 8.69. The third-order valence-electron chi connectivity index (χ3n) is 4.19. The normalized spacial score (nSPS) is 12.9. The quantitative estimate of drug-likeness (QED) is 0.436. The molecule has 0 radical (unpaired) electrons. The molecule has 188 valence electrons. The molecule has 0 saturated carbocycles. The number of hydrogen-bond acceptors (Lipinski definition) is 9. The number of nitrogens with two attached hydrogens (primary N) is 1. The van der Waals surface area contributed by atoms with Crippen LogP contribution >= 0.6 is 0 Å². The number of aliphatic hydroxyl groups excluding tert-OH is 1. The van der Waals surface area contributed by atoms with Crippen LogP contribution in [0.4, 0.5) is 18.9 Å². The molecule has 14 heteroatoms. The van der Waals surface area contributed by atoms with E-state index in [4.69, 9.17) is 10.5 Å². The van der Waals surface area contributed by atoms with Crippen LogP contribution in [0.5, 0.6) is 11.6 Å². The number of hydrogen-bond donors (Lipinski definition) is 3. The highest BCUT2D eigenvalue weighted by molar-refractivity contribution is 7.91. The zero-order chi connectivity index (χ0) is 25.7. The molecule has 1 aromatic heterocycles. The fraction of sp³-hybridized carbons (Fsp3) is 0.400. The summed E-state index contributed by atoms with van der Waals surface area (Å²) in [6.07, 6.45) is -5.78. The summed E-state index contributed by atoms with van der Waals surface area (Å²) in [5.41, 5.74) is 5.29. The Balaban J connectivity index is 2.47. The second-order valence-electron chi connectivity index (χ2n) is 7.46. The summed E-state index contributed by atoms with van der Waals surface area (Å²) in [4.78, 5) is 17.3. The topological polar surface area (TPSA) is 144 Å². The van der Waals surface area contributed by atoms with Crippen LogP contribution in [0.3, 0.4) is 0 Å². The first-order valence-corrected chi connectivity index (χ1v) is 11.3. The van der Waals surface area contributed by atoms with E-state index in [1.54, 1.807) is 19.0 Å². The molecular weight excluding hydrogens is 481 g/mol. The van der Waals surface area contributed by atoms with E-state index >= 15 is 0 Å². The minimum Gasteiger partial charge on any atom is -0.475 e. The maximum Gasteiger partial charge on any atom is 0.573 e. The van der Waals surface area contributed by atoms with Crippen LogP contribution in [-0.2, 0) is 9.84 Å². The number of anilines is 1. The number of nitrogens with zero attached hydrogens (tertiary/aromatic N) is 2. The van der Waals surface area contributed by atoms with Crippen molar-refractivity contribution in [1.82, 2.24) is 15.2 Å². The molecule has 1 amide bonds. The second-order valence-corrected chi connectivity index (χ2v) is 9.38. The number of aromatic nitrogens is 1. The van der Waals surface area contributed by atoms with E-state index in [-0.39, 0.29) is 29.4 Å². The van der Waals surface area contributed by atoms with Gasteiger partial charge in [0.1, 0.15) is 17.3 Å².